The first-order valence-corrected chi connectivity index (χ1v) is 7.06. The summed E-state index contributed by atoms with van der Waals surface area (Å²) in [5.41, 5.74) is 1.26. The van der Waals surface area contributed by atoms with Crippen molar-refractivity contribution in [1.82, 2.24) is 15.1 Å². The zero-order valence-electron chi connectivity index (χ0n) is 12.7. The highest BCUT2D eigenvalue weighted by Gasteiger charge is 2.30. The molecule has 1 aromatic heterocycles. The quantitative estimate of drug-likeness (QED) is 0.521. The van der Waals surface area contributed by atoms with Gasteiger partial charge in [-0.15, -0.1) is 0 Å². The number of methoxy groups -OCH3 is 1. The normalized spacial score (nSPS) is 14.2. The minimum atomic E-state index is -0.558. The van der Waals surface area contributed by atoms with Gasteiger partial charge in [0.15, 0.2) is 0 Å². The SMILES string of the molecule is COC(=O)c1cc(NC2=CC(=O)N(CCO)C2=O)cc2cn[nH]c12. The number of benzene rings is 1. The smallest absolute Gasteiger partial charge is 0.340 e. The molecule has 0 unspecified atom stereocenters. The number of anilines is 1. The summed E-state index contributed by atoms with van der Waals surface area (Å²) in [5.74, 6) is -1.60. The first kappa shape index (κ1) is 15.7. The molecule has 0 aliphatic carbocycles. The fraction of sp³-hybridized carbons (Fsp3) is 0.200. The Morgan fingerprint density at radius 1 is 1.42 bits per heavy atom. The number of hydrogen-bond acceptors (Lipinski definition) is 7. The molecule has 2 amide bonds. The van der Waals surface area contributed by atoms with E-state index in [4.69, 9.17) is 9.84 Å². The number of fused-ring (bicyclic) bond motifs is 1. The van der Waals surface area contributed by atoms with Gasteiger partial charge in [0.2, 0.25) is 0 Å². The molecular weight excluding hydrogens is 316 g/mol. The van der Waals surface area contributed by atoms with E-state index < -0.39 is 17.8 Å². The summed E-state index contributed by atoms with van der Waals surface area (Å²) in [5, 5.41) is 19.0. The standard InChI is InChI=1S/C15H14N4O5/c1-24-15(23)10-5-9(4-8-7-16-18-13(8)10)17-11-6-12(21)19(2-3-20)14(11)22/h4-7,17,20H,2-3H2,1H3,(H,16,18). The molecule has 2 aromatic rings. The van der Waals surface area contributed by atoms with Gasteiger partial charge in [-0.3, -0.25) is 19.6 Å². The molecule has 0 atom stereocenters. The molecule has 3 rings (SSSR count). The maximum atomic E-state index is 12.2. The number of aromatic amines is 1. The second kappa shape index (κ2) is 6.13. The number of H-pyrrole nitrogens is 1. The molecule has 0 spiro atoms. The van der Waals surface area contributed by atoms with Gasteiger partial charge in [0, 0.05) is 17.1 Å². The third-order valence-corrected chi connectivity index (χ3v) is 3.57. The first-order valence-electron chi connectivity index (χ1n) is 7.06. The van der Waals surface area contributed by atoms with E-state index in [1.807, 2.05) is 0 Å². The molecule has 0 fully saturated rings. The largest absolute Gasteiger partial charge is 0.465 e. The Morgan fingerprint density at radius 3 is 2.92 bits per heavy atom. The number of nitrogens with one attached hydrogen (secondary N) is 2. The molecule has 0 saturated carbocycles. The first-order chi connectivity index (χ1) is 11.5. The van der Waals surface area contributed by atoms with Crippen LogP contribution in [0.5, 0.6) is 0 Å². The van der Waals surface area contributed by atoms with Crippen molar-refractivity contribution in [3.63, 3.8) is 0 Å². The van der Waals surface area contributed by atoms with Gasteiger partial charge in [-0.2, -0.15) is 5.10 Å². The number of nitrogens with zero attached hydrogens (tertiary/aromatic N) is 2. The van der Waals surface area contributed by atoms with Crippen LogP contribution in [0.1, 0.15) is 10.4 Å². The minimum Gasteiger partial charge on any atom is -0.465 e. The molecule has 2 heterocycles. The molecule has 9 nitrogen and oxygen atoms in total. The maximum absolute atomic E-state index is 12.2. The number of hydrogen-bond donors (Lipinski definition) is 3. The van der Waals surface area contributed by atoms with Gasteiger partial charge in [-0.05, 0) is 12.1 Å². The molecule has 1 aromatic carbocycles. The van der Waals surface area contributed by atoms with E-state index >= 15 is 0 Å². The van der Waals surface area contributed by atoms with E-state index in [2.05, 4.69) is 15.5 Å². The van der Waals surface area contributed by atoms with Crippen LogP contribution >= 0.6 is 0 Å². The lowest BCUT2D eigenvalue weighted by atomic mass is 10.1. The second-order valence-corrected chi connectivity index (χ2v) is 5.05. The van der Waals surface area contributed by atoms with Gasteiger partial charge in [0.1, 0.15) is 5.70 Å². The molecule has 1 aliphatic rings. The van der Waals surface area contributed by atoms with E-state index in [0.29, 0.717) is 16.6 Å². The van der Waals surface area contributed by atoms with Crippen LogP contribution in [-0.4, -0.2) is 58.2 Å². The van der Waals surface area contributed by atoms with Gasteiger partial charge in [-0.1, -0.05) is 0 Å². The van der Waals surface area contributed by atoms with Crippen molar-refractivity contribution >= 4 is 34.4 Å². The topological polar surface area (TPSA) is 125 Å². The van der Waals surface area contributed by atoms with Crippen LogP contribution in [0.15, 0.2) is 30.1 Å². The molecule has 1 aliphatic heterocycles. The predicted octanol–water partition coefficient (Wildman–Crippen LogP) is 0.00640. The fourth-order valence-electron chi connectivity index (χ4n) is 2.47. The van der Waals surface area contributed by atoms with E-state index in [0.717, 1.165) is 11.0 Å². The fourth-order valence-corrected chi connectivity index (χ4v) is 2.47. The zero-order valence-corrected chi connectivity index (χ0v) is 12.7. The van der Waals surface area contributed by atoms with Crippen molar-refractivity contribution in [2.24, 2.45) is 0 Å². The Kier molecular flexibility index (Phi) is 4.00. The van der Waals surface area contributed by atoms with E-state index in [-0.39, 0.29) is 24.4 Å². The Hall–Kier alpha value is -3.20. The summed E-state index contributed by atoms with van der Waals surface area (Å²) in [4.78, 5) is 36.7. The van der Waals surface area contributed by atoms with Gasteiger partial charge in [-0.25, -0.2) is 4.79 Å². The molecule has 0 radical (unpaired) electrons. The van der Waals surface area contributed by atoms with Crippen LogP contribution in [0, 0.1) is 0 Å². The zero-order chi connectivity index (χ0) is 17.3. The summed E-state index contributed by atoms with van der Waals surface area (Å²) in [7, 11) is 1.26. The number of imide groups is 1. The summed E-state index contributed by atoms with van der Waals surface area (Å²) >= 11 is 0. The van der Waals surface area contributed by atoms with Crippen LogP contribution in [0.25, 0.3) is 10.9 Å². The Bertz CT molecular complexity index is 870. The number of carbonyl (C=O) groups excluding carboxylic acids is 3. The number of aromatic nitrogens is 2. The Morgan fingerprint density at radius 2 is 2.21 bits per heavy atom. The number of carbonyl (C=O) groups is 3. The summed E-state index contributed by atoms with van der Waals surface area (Å²) in [6.07, 6.45) is 2.68. The van der Waals surface area contributed by atoms with Crippen LogP contribution in [0.3, 0.4) is 0 Å². The van der Waals surface area contributed by atoms with Crippen LogP contribution in [-0.2, 0) is 14.3 Å². The van der Waals surface area contributed by atoms with E-state index in [1.54, 1.807) is 6.07 Å². The molecule has 0 saturated heterocycles. The molecule has 0 bridgehead atoms. The van der Waals surface area contributed by atoms with Crippen molar-refractivity contribution in [1.29, 1.82) is 0 Å². The number of β-amino-alcohol motifs (C(OH)–C–C–N with tert-alkyl or cyclic N) is 1. The number of rotatable bonds is 5. The summed E-state index contributed by atoms with van der Waals surface area (Å²) in [6.45, 7) is -0.389. The monoisotopic (exact) mass is 330 g/mol. The number of amides is 2. The van der Waals surface area contributed by atoms with Gasteiger partial charge in [0.05, 0.1) is 37.5 Å². The van der Waals surface area contributed by atoms with E-state index in [9.17, 15) is 14.4 Å². The molecule has 9 heteroatoms. The van der Waals surface area contributed by atoms with Crippen molar-refractivity contribution < 1.29 is 24.2 Å². The lowest BCUT2D eigenvalue weighted by molar-refractivity contribution is -0.137. The van der Waals surface area contributed by atoms with Gasteiger partial charge < -0.3 is 15.2 Å². The van der Waals surface area contributed by atoms with Crippen molar-refractivity contribution in [2.45, 2.75) is 0 Å². The third kappa shape index (κ3) is 2.61. The highest BCUT2D eigenvalue weighted by atomic mass is 16.5. The van der Waals surface area contributed by atoms with Crippen molar-refractivity contribution in [3.8, 4) is 0 Å². The molecular formula is C15H14N4O5. The molecule has 124 valence electrons. The predicted molar refractivity (Wildman–Crippen MR) is 82.9 cm³/mol. The maximum Gasteiger partial charge on any atom is 0.340 e. The van der Waals surface area contributed by atoms with Crippen molar-refractivity contribution in [2.75, 3.05) is 25.6 Å². The van der Waals surface area contributed by atoms with Gasteiger partial charge in [0.25, 0.3) is 11.8 Å². The van der Waals surface area contributed by atoms with Crippen LogP contribution < -0.4 is 5.32 Å². The third-order valence-electron chi connectivity index (χ3n) is 3.57. The van der Waals surface area contributed by atoms with Gasteiger partial charge >= 0.3 is 5.97 Å². The Labute approximate surface area is 135 Å². The lowest BCUT2D eigenvalue weighted by Gasteiger charge is -2.13. The lowest BCUT2D eigenvalue weighted by Crippen LogP contribution is -2.34. The number of ether oxygens (including phenoxy) is 1. The highest BCUT2D eigenvalue weighted by molar-refractivity contribution is 6.17. The van der Waals surface area contributed by atoms with Crippen LogP contribution in [0.2, 0.25) is 0 Å². The van der Waals surface area contributed by atoms with E-state index in [1.165, 1.54) is 19.4 Å². The summed E-state index contributed by atoms with van der Waals surface area (Å²) in [6, 6.07) is 3.18. The van der Waals surface area contributed by atoms with Crippen molar-refractivity contribution in [3.05, 3.63) is 35.7 Å². The average Bonchev–Trinajstić information content (AvgIpc) is 3.14. The average molecular weight is 330 g/mol. The van der Waals surface area contributed by atoms with Crippen LogP contribution in [0.4, 0.5) is 5.69 Å². The molecule has 24 heavy (non-hydrogen) atoms. The number of aliphatic hydroxyl groups excluding tert-OH is 1. The Balaban J connectivity index is 1.94. The highest BCUT2D eigenvalue weighted by Crippen LogP contribution is 2.25. The summed E-state index contributed by atoms with van der Waals surface area (Å²) < 4.78 is 4.74. The minimum absolute atomic E-state index is 0.0621. The molecule has 3 N–H and O–H groups in total. The number of esters is 1. The number of aliphatic hydroxyl groups is 1. The second-order valence-electron chi connectivity index (χ2n) is 5.05.